The van der Waals surface area contributed by atoms with E-state index in [-0.39, 0.29) is 5.91 Å². The van der Waals surface area contributed by atoms with Crippen LogP contribution in [0.1, 0.15) is 29.5 Å². The molecule has 1 aliphatic rings. The molecular formula is C27H21NO. The second-order valence-corrected chi connectivity index (χ2v) is 7.15. The number of anilines is 1. The lowest BCUT2D eigenvalue weighted by Crippen LogP contribution is -2.38. The molecule has 0 bridgehead atoms. The van der Waals surface area contributed by atoms with Gasteiger partial charge in [0, 0.05) is 36.7 Å². The molecule has 29 heavy (non-hydrogen) atoms. The Kier molecular flexibility index (Phi) is 5.19. The quantitative estimate of drug-likeness (QED) is 0.590. The highest BCUT2D eigenvalue weighted by Crippen LogP contribution is 2.45. The van der Waals surface area contributed by atoms with Crippen molar-refractivity contribution in [2.75, 3.05) is 11.9 Å². The van der Waals surface area contributed by atoms with Crippen LogP contribution in [0.5, 0.6) is 0 Å². The van der Waals surface area contributed by atoms with Crippen LogP contribution in [0.2, 0.25) is 0 Å². The molecule has 3 aromatic rings. The molecule has 0 aliphatic carbocycles. The van der Waals surface area contributed by atoms with Crippen LogP contribution >= 0.6 is 0 Å². The molecule has 1 amide bonds. The molecule has 0 saturated carbocycles. The largest absolute Gasteiger partial charge is 0.314 e. The standard InChI is InChI=1S/C27H21NO/c1-28-25-19-9-8-18-24(25)27(26(28)29,20-10-16-22-12-4-2-5-13-22)21-11-17-23-14-6-3-7-15-23/h2-9,12-15,18-19H,20-21H2,1H3. The Labute approximate surface area is 172 Å². The van der Waals surface area contributed by atoms with E-state index >= 15 is 0 Å². The van der Waals surface area contributed by atoms with Gasteiger partial charge in [-0.3, -0.25) is 4.79 Å². The van der Waals surface area contributed by atoms with Gasteiger partial charge in [-0.2, -0.15) is 0 Å². The van der Waals surface area contributed by atoms with Crippen molar-refractivity contribution in [1.82, 2.24) is 0 Å². The summed E-state index contributed by atoms with van der Waals surface area (Å²) in [5.74, 6) is 13.0. The number of benzene rings is 3. The molecule has 1 heterocycles. The Bertz CT molecular complexity index is 1080. The number of hydrogen-bond donors (Lipinski definition) is 0. The van der Waals surface area contributed by atoms with Crippen LogP contribution in [0, 0.1) is 23.7 Å². The summed E-state index contributed by atoms with van der Waals surface area (Å²) in [7, 11) is 1.83. The van der Waals surface area contributed by atoms with Crippen molar-refractivity contribution in [3.8, 4) is 23.7 Å². The maximum Gasteiger partial charge on any atom is 0.239 e. The lowest BCUT2D eigenvalue weighted by Gasteiger charge is -2.23. The number of hydrogen-bond acceptors (Lipinski definition) is 1. The third-order valence-electron chi connectivity index (χ3n) is 5.29. The van der Waals surface area contributed by atoms with Gasteiger partial charge in [0.15, 0.2) is 0 Å². The van der Waals surface area contributed by atoms with Crippen molar-refractivity contribution in [1.29, 1.82) is 0 Å². The van der Waals surface area contributed by atoms with Crippen LogP contribution < -0.4 is 4.90 Å². The minimum atomic E-state index is -0.741. The Morgan fingerprint density at radius 3 is 1.76 bits per heavy atom. The van der Waals surface area contributed by atoms with Crippen molar-refractivity contribution in [2.45, 2.75) is 18.3 Å². The van der Waals surface area contributed by atoms with Gasteiger partial charge in [-0.1, -0.05) is 78.3 Å². The summed E-state index contributed by atoms with van der Waals surface area (Å²) in [6.07, 6.45) is 0.872. The normalized spacial score (nSPS) is 13.7. The summed E-state index contributed by atoms with van der Waals surface area (Å²) >= 11 is 0. The fraction of sp³-hybridized carbons (Fsp3) is 0.148. The SMILES string of the molecule is CN1C(=O)C(CC#Cc2ccccc2)(CC#Cc2ccccc2)c2ccccc21. The van der Waals surface area contributed by atoms with E-state index in [0.717, 1.165) is 22.4 Å². The zero-order valence-corrected chi connectivity index (χ0v) is 16.4. The van der Waals surface area contributed by atoms with E-state index in [1.54, 1.807) is 4.90 Å². The summed E-state index contributed by atoms with van der Waals surface area (Å²) in [5.41, 5.74) is 3.11. The van der Waals surface area contributed by atoms with Gasteiger partial charge in [0.25, 0.3) is 0 Å². The van der Waals surface area contributed by atoms with Crippen LogP contribution in [0.25, 0.3) is 0 Å². The van der Waals surface area contributed by atoms with Crippen molar-refractivity contribution < 1.29 is 4.79 Å². The van der Waals surface area contributed by atoms with E-state index in [9.17, 15) is 4.79 Å². The number of fused-ring (bicyclic) bond motifs is 1. The number of likely N-dealkylation sites (N-methyl/N-ethyl adjacent to an activating group) is 1. The molecule has 0 radical (unpaired) electrons. The Hall–Kier alpha value is -3.75. The molecule has 2 nitrogen and oxygen atoms in total. The van der Waals surface area contributed by atoms with Gasteiger partial charge >= 0.3 is 0 Å². The molecule has 0 saturated heterocycles. The average molecular weight is 375 g/mol. The van der Waals surface area contributed by atoms with Gasteiger partial charge in [0.05, 0.1) is 5.41 Å². The van der Waals surface area contributed by atoms with E-state index < -0.39 is 5.41 Å². The minimum Gasteiger partial charge on any atom is -0.314 e. The minimum absolute atomic E-state index is 0.0587. The summed E-state index contributed by atoms with van der Waals surface area (Å²) in [6, 6.07) is 27.7. The first kappa shape index (κ1) is 18.6. The summed E-state index contributed by atoms with van der Waals surface area (Å²) < 4.78 is 0. The lowest BCUT2D eigenvalue weighted by atomic mass is 9.76. The van der Waals surface area contributed by atoms with Gasteiger partial charge in [-0.05, 0) is 35.9 Å². The molecule has 0 N–H and O–H groups in total. The van der Waals surface area contributed by atoms with E-state index in [2.05, 4.69) is 23.7 Å². The average Bonchev–Trinajstić information content (AvgIpc) is 2.98. The molecule has 0 spiro atoms. The highest BCUT2D eigenvalue weighted by atomic mass is 16.2. The molecule has 3 aromatic carbocycles. The van der Waals surface area contributed by atoms with Crippen molar-refractivity contribution in [2.24, 2.45) is 0 Å². The first-order valence-electron chi connectivity index (χ1n) is 9.66. The van der Waals surface area contributed by atoms with Crippen molar-refractivity contribution in [3.05, 3.63) is 102 Å². The summed E-state index contributed by atoms with van der Waals surface area (Å²) in [4.78, 5) is 15.1. The van der Waals surface area contributed by atoms with E-state index in [0.29, 0.717) is 12.8 Å². The molecule has 4 rings (SSSR count). The van der Waals surface area contributed by atoms with Crippen LogP contribution in [-0.2, 0) is 10.2 Å². The highest BCUT2D eigenvalue weighted by molar-refractivity contribution is 6.08. The number of para-hydroxylation sites is 1. The van der Waals surface area contributed by atoms with Crippen molar-refractivity contribution in [3.63, 3.8) is 0 Å². The van der Waals surface area contributed by atoms with Gasteiger partial charge in [-0.15, -0.1) is 0 Å². The number of nitrogens with zero attached hydrogens (tertiary/aromatic N) is 1. The summed E-state index contributed by atoms with van der Waals surface area (Å²) in [5, 5.41) is 0. The molecule has 0 unspecified atom stereocenters. The maximum absolute atomic E-state index is 13.4. The smallest absolute Gasteiger partial charge is 0.239 e. The molecule has 2 heteroatoms. The van der Waals surface area contributed by atoms with E-state index in [4.69, 9.17) is 0 Å². The lowest BCUT2D eigenvalue weighted by molar-refractivity contribution is -0.122. The first-order valence-corrected chi connectivity index (χ1v) is 9.66. The Morgan fingerprint density at radius 1 is 0.724 bits per heavy atom. The van der Waals surface area contributed by atoms with Crippen LogP contribution in [0.4, 0.5) is 5.69 Å². The topological polar surface area (TPSA) is 20.3 Å². The molecule has 140 valence electrons. The molecule has 0 aromatic heterocycles. The number of carbonyl (C=O) groups is 1. The predicted molar refractivity (Wildman–Crippen MR) is 117 cm³/mol. The van der Waals surface area contributed by atoms with Crippen LogP contribution in [0.3, 0.4) is 0 Å². The highest BCUT2D eigenvalue weighted by Gasteiger charge is 2.48. The number of rotatable bonds is 2. The monoisotopic (exact) mass is 375 g/mol. The van der Waals surface area contributed by atoms with Gasteiger partial charge in [0.2, 0.25) is 5.91 Å². The molecular weight excluding hydrogens is 354 g/mol. The van der Waals surface area contributed by atoms with Gasteiger partial charge in [-0.25, -0.2) is 0 Å². The third kappa shape index (κ3) is 3.66. The Morgan fingerprint density at radius 2 is 1.21 bits per heavy atom. The number of amides is 1. The number of carbonyl (C=O) groups excluding carboxylic acids is 1. The second kappa shape index (κ2) is 8.09. The first-order chi connectivity index (χ1) is 14.2. The third-order valence-corrected chi connectivity index (χ3v) is 5.29. The van der Waals surface area contributed by atoms with E-state index in [1.807, 2.05) is 92.0 Å². The zero-order chi connectivity index (χ0) is 20.1. The van der Waals surface area contributed by atoms with Gasteiger partial charge < -0.3 is 4.90 Å². The van der Waals surface area contributed by atoms with Crippen LogP contribution in [0.15, 0.2) is 84.9 Å². The molecule has 0 fully saturated rings. The predicted octanol–water partition coefficient (Wildman–Crippen LogP) is 4.78. The maximum atomic E-state index is 13.4. The second-order valence-electron chi connectivity index (χ2n) is 7.15. The Balaban J connectivity index is 1.71. The fourth-order valence-electron chi connectivity index (χ4n) is 3.76. The fourth-order valence-corrected chi connectivity index (χ4v) is 3.76. The van der Waals surface area contributed by atoms with Crippen molar-refractivity contribution >= 4 is 11.6 Å². The van der Waals surface area contributed by atoms with Crippen LogP contribution in [-0.4, -0.2) is 13.0 Å². The summed E-state index contributed by atoms with van der Waals surface area (Å²) in [6.45, 7) is 0. The van der Waals surface area contributed by atoms with E-state index in [1.165, 1.54) is 0 Å². The zero-order valence-electron chi connectivity index (χ0n) is 16.4. The molecule has 1 aliphatic heterocycles. The molecule has 0 atom stereocenters. The van der Waals surface area contributed by atoms with Gasteiger partial charge in [0.1, 0.15) is 0 Å².